The van der Waals surface area contributed by atoms with Gasteiger partial charge in [-0.15, -0.1) is 0 Å². The number of nitrogens with zero attached hydrogens (tertiary/aromatic N) is 2. The lowest BCUT2D eigenvalue weighted by molar-refractivity contribution is 0.0951. The van der Waals surface area contributed by atoms with Crippen LogP contribution in [0.25, 0.3) is 22.3 Å². The Labute approximate surface area is 175 Å². The number of benzene rings is 2. The molecule has 2 aromatic heterocycles. The topological polar surface area (TPSA) is 64.1 Å². The number of pyridine rings is 2. The highest BCUT2D eigenvalue weighted by molar-refractivity contribution is 6.07. The van der Waals surface area contributed by atoms with E-state index in [1.807, 2.05) is 79.7 Å². The van der Waals surface area contributed by atoms with Crippen molar-refractivity contribution < 1.29 is 9.53 Å². The van der Waals surface area contributed by atoms with Gasteiger partial charge in [0, 0.05) is 24.7 Å². The third kappa shape index (κ3) is 4.36. The first-order valence-electron chi connectivity index (χ1n) is 10.00. The second-order valence-electron chi connectivity index (χ2n) is 6.88. The van der Waals surface area contributed by atoms with Gasteiger partial charge < -0.3 is 10.1 Å². The summed E-state index contributed by atoms with van der Waals surface area (Å²) in [6.07, 6.45) is 1.72. The molecular formula is C25H23N3O2. The molecule has 0 atom stereocenters. The van der Waals surface area contributed by atoms with Crippen LogP contribution in [-0.2, 0) is 17.9 Å². The van der Waals surface area contributed by atoms with Crippen LogP contribution >= 0.6 is 0 Å². The fourth-order valence-electron chi connectivity index (χ4n) is 3.36. The number of carbonyl (C=O) groups excluding carboxylic acids is 1. The summed E-state index contributed by atoms with van der Waals surface area (Å²) in [6.45, 7) is 3.58. The van der Waals surface area contributed by atoms with E-state index >= 15 is 0 Å². The number of carbonyl (C=O) groups is 1. The molecule has 0 aliphatic rings. The Kier molecular flexibility index (Phi) is 6.11. The Balaban J connectivity index is 1.64. The molecule has 5 nitrogen and oxygen atoms in total. The molecule has 0 bridgehead atoms. The van der Waals surface area contributed by atoms with Gasteiger partial charge in [-0.25, -0.2) is 4.98 Å². The Morgan fingerprint density at radius 3 is 2.50 bits per heavy atom. The molecule has 30 heavy (non-hydrogen) atoms. The van der Waals surface area contributed by atoms with E-state index in [0.717, 1.165) is 27.7 Å². The number of para-hydroxylation sites is 1. The first-order chi connectivity index (χ1) is 14.8. The second-order valence-corrected chi connectivity index (χ2v) is 6.88. The third-order valence-electron chi connectivity index (χ3n) is 4.91. The monoisotopic (exact) mass is 397 g/mol. The SMILES string of the molecule is CCOCc1ccccc1CNC(=O)c1cc(-c2ccccn2)nc2ccccc12. The zero-order valence-electron chi connectivity index (χ0n) is 16.8. The minimum Gasteiger partial charge on any atom is -0.377 e. The zero-order valence-corrected chi connectivity index (χ0v) is 16.8. The van der Waals surface area contributed by atoms with Gasteiger partial charge in [0.05, 0.1) is 29.1 Å². The minimum atomic E-state index is -0.142. The standard InChI is InChI=1S/C25H23N3O2/c1-2-30-17-19-10-4-3-9-18(19)16-27-25(29)21-15-24(23-13-7-8-14-26-23)28-22-12-6-5-11-20(21)22/h3-15H,2,16-17H2,1H3,(H,27,29). The molecule has 1 N–H and O–H groups in total. The van der Waals surface area contributed by atoms with Crippen molar-refractivity contribution >= 4 is 16.8 Å². The molecule has 150 valence electrons. The van der Waals surface area contributed by atoms with Crippen molar-refractivity contribution in [1.82, 2.24) is 15.3 Å². The molecule has 1 amide bonds. The molecule has 2 heterocycles. The predicted octanol–water partition coefficient (Wildman–Crippen LogP) is 4.76. The third-order valence-corrected chi connectivity index (χ3v) is 4.91. The second kappa shape index (κ2) is 9.29. The van der Waals surface area contributed by atoms with E-state index in [1.54, 1.807) is 6.20 Å². The number of nitrogens with one attached hydrogen (secondary N) is 1. The molecule has 0 radical (unpaired) electrons. The van der Waals surface area contributed by atoms with Crippen molar-refractivity contribution in [1.29, 1.82) is 0 Å². The molecule has 0 aliphatic carbocycles. The van der Waals surface area contributed by atoms with Crippen LogP contribution in [0.4, 0.5) is 0 Å². The highest BCUT2D eigenvalue weighted by atomic mass is 16.5. The number of hydrogen-bond acceptors (Lipinski definition) is 4. The van der Waals surface area contributed by atoms with Crippen LogP contribution in [0.15, 0.2) is 79.0 Å². The van der Waals surface area contributed by atoms with Crippen LogP contribution in [0.1, 0.15) is 28.4 Å². The summed E-state index contributed by atoms with van der Waals surface area (Å²) in [7, 11) is 0. The van der Waals surface area contributed by atoms with Crippen LogP contribution in [0.5, 0.6) is 0 Å². The van der Waals surface area contributed by atoms with Gasteiger partial charge in [0.15, 0.2) is 0 Å². The molecule has 0 aliphatic heterocycles. The molecule has 0 fully saturated rings. The number of amides is 1. The normalized spacial score (nSPS) is 10.8. The Morgan fingerprint density at radius 2 is 1.70 bits per heavy atom. The lowest BCUT2D eigenvalue weighted by Crippen LogP contribution is -2.24. The van der Waals surface area contributed by atoms with Crippen molar-refractivity contribution in [2.24, 2.45) is 0 Å². The maximum absolute atomic E-state index is 13.2. The van der Waals surface area contributed by atoms with Crippen molar-refractivity contribution in [2.75, 3.05) is 6.61 Å². The van der Waals surface area contributed by atoms with Crippen LogP contribution in [0, 0.1) is 0 Å². The fraction of sp³-hybridized carbons (Fsp3) is 0.160. The van der Waals surface area contributed by atoms with Gasteiger partial charge in [-0.1, -0.05) is 48.5 Å². The summed E-state index contributed by atoms with van der Waals surface area (Å²) < 4.78 is 5.55. The number of ether oxygens (including phenoxy) is 1. The van der Waals surface area contributed by atoms with E-state index in [1.165, 1.54) is 0 Å². The maximum Gasteiger partial charge on any atom is 0.252 e. The molecular weight excluding hydrogens is 374 g/mol. The summed E-state index contributed by atoms with van der Waals surface area (Å²) >= 11 is 0. The van der Waals surface area contributed by atoms with Gasteiger partial charge in [-0.05, 0) is 42.3 Å². The molecule has 4 aromatic rings. The molecule has 0 saturated carbocycles. The van der Waals surface area contributed by atoms with Gasteiger partial charge in [0.2, 0.25) is 0 Å². The zero-order chi connectivity index (χ0) is 20.8. The van der Waals surface area contributed by atoms with Gasteiger partial charge in [0.25, 0.3) is 5.91 Å². The lowest BCUT2D eigenvalue weighted by atomic mass is 10.0. The highest BCUT2D eigenvalue weighted by Gasteiger charge is 2.14. The molecule has 0 unspecified atom stereocenters. The van der Waals surface area contributed by atoms with E-state index in [0.29, 0.717) is 31.0 Å². The summed E-state index contributed by atoms with van der Waals surface area (Å²) in [6, 6.07) is 23.1. The average Bonchev–Trinajstić information content (AvgIpc) is 2.81. The van der Waals surface area contributed by atoms with Gasteiger partial charge in [0.1, 0.15) is 0 Å². The first-order valence-corrected chi connectivity index (χ1v) is 10.00. The van der Waals surface area contributed by atoms with Crippen molar-refractivity contribution in [3.05, 3.63) is 95.7 Å². The van der Waals surface area contributed by atoms with E-state index in [-0.39, 0.29) is 5.91 Å². The Bertz CT molecular complexity index is 1160. The minimum absolute atomic E-state index is 0.142. The summed E-state index contributed by atoms with van der Waals surface area (Å²) in [4.78, 5) is 22.2. The van der Waals surface area contributed by atoms with Crippen LogP contribution in [0.2, 0.25) is 0 Å². The Morgan fingerprint density at radius 1 is 0.933 bits per heavy atom. The quantitative estimate of drug-likeness (QED) is 0.488. The van der Waals surface area contributed by atoms with Crippen LogP contribution < -0.4 is 5.32 Å². The van der Waals surface area contributed by atoms with E-state index in [4.69, 9.17) is 9.72 Å². The first kappa shape index (κ1) is 19.7. The molecule has 5 heteroatoms. The van der Waals surface area contributed by atoms with Crippen molar-refractivity contribution in [2.45, 2.75) is 20.1 Å². The number of hydrogen-bond donors (Lipinski definition) is 1. The highest BCUT2D eigenvalue weighted by Crippen LogP contribution is 2.24. The van der Waals surface area contributed by atoms with E-state index in [9.17, 15) is 4.79 Å². The molecule has 2 aromatic carbocycles. The summed E-state index contributed by atoms with van der Waals surface area (Å²) in [5, 5.41) is 3.88. The summed E-state index contributed by atoms with van der Waals surface area (Å²) in [5.41, 5.74) is 4.89. The fourth-order valence-corrected chi connectivity index (χ4v) is 3.36. The molecule has 0 saturated heterocycles. The van der Waals surface area contributed by atoms with E-state index < -0.39 is 0 Å². The van der Waals surface area contributed by atoms with Gasteiger partial charge in [-0.2, -0.15) is 0 Å². The summed E-state index contributed by atoms with van der Waals surface area (Å²) in [5.74, 6) is -0.142. The number of aromatic nitrogens is 2. The van der Waals surface area contributed by atoms with Crippen LogP contribution in [-0.4, -0.2) is 22.5 Å². The predicted molar refractivity (Wildman–Crippen MR) is 118 cm³/mol. The molecule has 0 spiro atoms. The number of rotatable bonds is 7. The van der Waals surface area contributed by atoms with Crippen LogP contribution in [0.3, 0.4) is 0 Å². The van der Waals surface area contributed by atoms with Crippen molar-refractivity contribution in [3.8, 4) is 11.4 Å². The largest absolute Gasteiger partial charge is 0.377 e. The van der Waals surface area contributed by atoms with Crippen molar-refractivity contribution in [3.63, 3.8) is 0 Å². The lowest BCUT2D eigenvalue weighted by Gasteiger charge is -2.13. The van der Waals surface area contributed by atoms with Gasteiger partial charge >= 0.3 is 0 Å². The average molecular weight is 397 g/mol. The Hall–Kier alpha value is -3.57. The maximum atomic E-state index is 13.2. The van der Waals surface area contributed by atoms with Gasteiger partial charge in [-0.3, -0.25) is 9.78 Å². The molecule has 4 rings (SSSR count). The smallest absolute Gasteiger partial charge is 0.252 e. The number of fused-ring (bicyclic) bond motifs is 1. The van der Waals surface area contributed by atoms with E-state index in [2.05, 4.69) is 10.3 Å².